The summed E-state index contributed by atoms with van der Waals surface area (Å²) in [4.78, 5) is 0. The van der Waals surface area contributed by atoms with Gasteiger partial charge in [-0.25, -0.2) is 0 Å². The maximum Gasteiger partial charge on any atom is 0.159 e. The van der Waals surface area contributed by atoms with E-state index in [0.717, 1.165) is 6.61 Å². The molecule has 1 aliphatic heterocycles. The quantitative estimate of drug-likeness (QED) is 0.707. The van der Waals surface area contributed by atoms with Crippen LogP contribution >= 0.6 is 0 Å². The van der Waals surface area contributed by atoms with Crippen LogP contribution < -0.4 is 0 Å². The van der Waals surface area contributed by atoms with Crippen molar-refractivity contribution in [2.75, 3.05) is 6.61 Å². The van der Waals surface area contributed by atoms with Gasteiger partial charge in [0.25, 0.3) is 0 Å². The number of rotatable bonds is 3. The molecule has 0 aromatic carbocycles. The number of aliphatic hydroxyl groups is 1. The second kappa shape index (κ2) is 3.75. The molecule has 0 saturated carbocycles. The van der Waals surface area contributed by atoms with Crippen molar-refractivity contribution in [3.8, 4) is 0 Å². The van der Waals surface area contributed by atoms with E-state index in [1.807, 2.05) is 0 Å². The van der Waals surface area contributed by atoms with Crippen molar-refractivity contribution in [2.24, 2.45) is 11.3 Å². The fourth-order valence-corrected chi connectivity index (χ4v) is 1.74. The van der Waals surface area contributed by atoms with Crippen molar-refractivity contribution in [1.82, 2.24) is 0 Å². The Labute approximate surface area is 74.9 Å². The second-order valence-electron chi connectivity index (χ2n) is 4.35. The summed E-state index contributed by atoms with van der Waals surface area (Å²) >= 11 is 0. The Kier molecular flexibility index (Phi) is 3.13. The van der Waals surface area contributed by atoms with E-state index >= 15 is 0 Å². The highest BCUT2D eigenvalue weighted by Gasteiger charge is 2.42. The summed E-state index contributed by atoms with van der Waals surface area (Å²) in [5.74, 6) is 0.535. The van der Waals surface area contributed by atoms with E-state index in [4.69, 9.17) is 4.74 Å². The molecule has 1 rings (SSSR count). The Hall–Kier alpha value is -0.0800. The van der Waals surface area contributed by atoms with Gasteiger partial charge in [-0.3, -0.25) is 0 Å². The van der Waals surface area contributed by atoms with Crippen LogP contribution in [0.15, 0.2) is 0 Å². The molecule has 0 aliphatic carbocycles. The SMILES string of the molecule is CCCCC1COC(O)C1(C)C. The lowest BCUT2D eigenvalue weighted by Gasteiger charge is -2.27. The fraction of sp³-hybridized carbons (Fsp3) is 1.00. The van der Waals surface area contributed by atoms with Gasteiger partial charge in [0, 0.05) is 5.41 Å². The van der Waals surface area contributed by atoms with E-state index in [-0.39, 0.29) is 5.41 Å². The second-order valence-corrected chi connectivity index (χ2v) is 4.35. The van der Waals surface area contributed by atoms with Gasteiger partial charge in [-0.15, -0.1) is 0 Å². The van der Waals surface area contributed by atoms with E-state index in [9.17, 15) is 5.11 Å². The first-order valence-corrected chi connectivity index (χ1v) is 4.88. The minimum absolute atomic E-state index is 0.0465. The maximum atomic E-state index is 9.50. The zero-order valence-corrected chi connectivity index (χ0v) is 8.34. The predicted octanol–water partition coefficient (Wildman–Crippen LogP) is 2.17. The lowest BCUT2D eigenvalue weighted by atomic mass is 9.78. The number of unbranched alkanes of at least 4 members (excludes halogenated alkanes) is 1. The normalized spacial score (nSPS) is 34.0. The summed E-state index contributed by atoms with van der Waals surface area (Å²) in [6.07, 6.45) is 3.09. The first kappa shape index (κ1) is 10.0. The molecular formula is C10H20O2. The third kappa shape index (κ3) is 1.80. The largest absolute Gasteiger partial charge is 0.367 e. The highest BCUT2D eigenvalue weighted by Crippen LogP contribution is 2.40. The standard InChI is InChI=1S/C10H20O2/c1-4-5-6-8-7-12-9(11)10(8,2)3/h8-9,11H,4-7H2,1-3H3. The van der Waals surface area contributed by atoms with Crippen LogP contribution in [0.2, 0.25) is 0 Å². The highest BCUT2D eigenvalue weighted by atomic mass is 16.6. The van der Waals surface area contributed by atoms with Gasteiger partial charge in [-0.2, -0.15) is 0 Å². The molecule has 0 radical (unpaired) electrons. The summed E-state index contributed by atoms with van der Waals surface area (Å²) in [7, 11) is 0. The summed E-state index contributed by atoms with van der Waals surface area (Å²) in [5, 5.41) is 9.50. The van der Waals surface area contributed by atoms with Crippen LogP contribution in [-0.4, -0.2) is 18.0 Å². The summed E-state index contributed by atoms with van der Waals surface area (Å²) in [6.45, 7) is 7.10. The van der Waals surface area contributed by atoms with Gasteiger partial charge in [-0.1, -0.05) is 33.6 Å². The van der Waals surface area contributed by atoms with Gasteiger partial charge in [0.2, 0.25) is 0 Å². The van der Waals surface area contributed by atoms with Crippen LogP contribution in [-0.2, 0) is 4.74 Å². The molecule has 2 heteroatoms. The van der Waals surface area contributed by atoms with Crippen molar-refractivity contribution < 1.29 is 9.84 Å². The molecule has 12 heavy (non-hydrogen) atoms. The Morgan fingerprint density at radius 2 is 2.17 bits per heavy atom. The van der Waals surface area contributed by atoms with Gasteiger partial charge >= 0.3 is 0 Å². The van der Waals surface area contributed by atoms with E-state index in [2.05, 4.69) is 20.8 Å². The molecular weight excluding hydrogens is 152 g/mol. The summed E-state index contributed by atoms with van der Waals surface area (Å²) in [6, 6.07) is 0. The van der Waals surface area contributed by atoms with Crippen LogP contribution in [0, 0.1) is 11.3 Å². The lowest BCUT2D eigenvalue weighted by molar-refractivity contribution is -0.108. The summed E-state index contributed by atoms with van der Waals surface area (Å²) in [5.41, 5.74) is -0.0465. The van der Waals surface area contributed by atoms with Crippen LogP contribution in [0.1, 0.15) is 40.0 Å². The topological polar surface area (TPSA) is 29.5 Å². The number of hydrogen-bond acceptors (Lipinski definition) is 2. The van der Waals surface area contributed by atoms with E-state index in [1.165, 1.54) is 19.3 Å². The lowest BCUT2D eigenvalue weighted by Crippen LogP contribution is -2.29. The molecule has 1 aliphatic rings. The fourth-order valence-electron chi connectivity index (χ4n) is 1.74. The number of ether oxygens (including phenoxy) is 1. The van der Waals surface area contributed by atoms with Crippen LogP contribution in [0.25, 0.3) is 0 Å². The van der Waals surface area contributed by atoms with Crippen LogP contribution in [0.4, 0.5) is 0 Å². The Balaban J connectivity index is 2.44. The Morgan fingerprint density at radius 1 is 1.50 bits per heavy atom. The highest BCUT2D eigenvalue weighted by molar-refractivity contribution is 4.85. The average Bonchev–Trinajstić information content (AvgIpc) is 2.25. The van der Waals surface area contributed by atoms with Crippen molar-refractivity contribution in [3.63, 3.8) is 0 Å². The minimum Gasteiger partial charge on any atom is -0.367 e. The van der Waals surface area contributed by atoms with Gasteiger partial charge in [0.1, 0.15) is 0 Å². The molecule has 0 aromatic heterocycles. The zero-order chi connectivity index (χ0) is 9.19. The van der Waals surface area contributed by atoms with E-state index < -0.39 is 6.29 Å². The molecule has 1 saturated heterocycles. The molecule has 72 valence electrons. The maximum absolute atomic E-state index is 9.50. The molecule has 1 fully saturated rings. The molecule has 2 atom stereocenters. The minimum atomic E-state index is -0.556. The van der Waals surface area contributed by atoms with Crippen LogP contribution in [0.5, 0.6) is 0 Å². The molecule has 1 N–H and O–H groups in total. The molecule has 0 spiro atoms. The van der Waals surface area contributed by atoms with Crippen molar-refractivity contribution in [3.05, 3.63) is 0 Å². The first-order valence-electron chi connectivity index (χ1n) is 4.88. The van der Waals surface area contributed by atoms with E-state index in [0.29, 0.717) is 5.92 Å². The van der Waals surface area contributed by atoms with Crippen molar-refractivity contribution in [2.45, 2.75) is 46.3 Å². The van der Waals surface area contributed by atoms with Gasteiger partial charge in [-0.05, 0) is 12.3 Å². The Bertz CT molecular complexity index is 143. The van der Waals surface area contributed by atoms with Gasteiger partial charge < -0.3 is 9.84 Å². The molecule has 2 unspecified atom stereocenters. The molecule has 0 aromatic rings. The van der Waals surface area contributed by atoms with Crippen molar-refractivity contribution >= 4 is 0 Å². The third-order valence-electron chi connectivity index (χ3n) is 3.05. The average molecular weight is 172 g/mol. The molecule has 1 heterocycles. The predicted molar refractivity (Wildman–Crippen MR) is 48.8 cm³/mol. The number of hydrogen-bond donors (Lipinski definition) is 1. The molecule has 0 amide bonds. The summed E-state index contributed by atoms with van der Waals surface area (Å²) < 4.78 is 5.23. The van der Waals surface area contributed by atoms with E-state index in [1.54, 1.807) is 0 Å². The third-order valence-corrected chi connectivity index (χ3v) is 3.05. The zero-order valence-electron chi connectivity index (χ0n) is 8.34. The smallest absolute Gasteiger partial charge is 0.159 e. The van der Waals surface area contributed by atoms with Gasteiger partial charge in [0.15, 0.2) is 6.29 Å². The molecule has 0 bridgehead atoms. The van der Waals surface area contributed by atoms with Crippen molar-refractivity contribution in [1.29, 1.82) is 0 Å². The monoisotopic (exact) mass is 172 g/mol. The first-order chi connectivity index (χ1) is 5.59. The van der Waals surface area contributed by atoms with Gasteiger partial charge in [0.05, 0.1) is 6.61 Å². The van der Waals surface area contributed by atoms with Crippen LogP contribution in [0.3, 0.4) is 0 Å². The number of aliphatic hydroxyl groups excluding tert-OH is 1. The Morgan fingerprint density at radius 3 is 2.58 bits per heavy atom. The molecule has 2 nitrogen and oxygen atoms in total.